The lowest BCUT2D eigenvalue weighted by atomic mass is 10.1. The smallest absolute Gasteiger partial charge is 0.416 e. The number of carbonyl (C=O) groups is 2. The van der Waals surface area contributed by atoms with Gasteiger partial charge in [0.25, 0.3) is 0 Å². The molecule has 1 aliphatic heterocycles. The highest BCUT2D eigenvalue weighted by Gasteiger charge is 2.30. The lowest BCUT2D eigenvalue weighted by Gasteiger charge is -2.32. The van der Waals surface area contributed by atoms with Gasteiger partial charge < -0.3 is 15.4 Å². The lowest BCUT2D eigenvalue weighted by molar-refractivity contribution is -0.137. The minimum absolute atomic E-state index is 0.00693. The third kappa shape index (κ3) is 9.30. The number of ether oxygens (including phenoxy) is 1. The van der Waals surface area contributed by atoms with Gasteiger partial charge in [0.2, 0.25) is 5.91 Å². The average molecular weight is 439 g/mol. The molecule has 0 bridgehead atoms. The number of piperidine rings is 1. The van der Waals surface area contributed by atoms with Crippen molar-refractivity contribution >= 4 is 12.0 Å². The number of alkyl halides is 3. The summed E-state index contributed by atoms with van der Waals surface area (Å²) in [5, 5.41) is 5.49. The van der Waals surface area contributed by atoms with Crippen molar-refractivity contribution in [2.24, 2.45) is 0 Å². The summed E-state index contributed by atoms with van der Waals surface area (Å²) < 4.78 is 43.3. The minimum Gasteiger partial charge on any atom is -0.444 e. The van der Waals surface area contributed by atoms with Gasteiger partial charge in [0.05, 0.1) is 18.7 Å². The third-order valence-electron chi connectivity index (χ3n) is 4.47. The normalized spacial score (nSPS) is 15.5. The first-order valence-electron chi connectivity index (χ1n) is 10.1. The van der Waals surface area contributed by atoms with E-state index in [-0.39, 0.29) is 30.6 Å². The Morgan fingerprint density at radius 2 is 1.87 bits per heavy atom. The SMILES string of the molecule is CC(C)(C)OC(=O)NC1CCN(CC(=O)NCC#Cc2cccc(C(F)(F)F)c2)CC1. The fourth-order valence-electron chi connectivity index (χ4n) is 3.03. The minimum atomic E-state index is -4.41. The summed E-state index contributed by atoms with van der Waals surface area (Å²) in [6.45, 7) is 6.97. The van der Waals surface area contributed by atoms with Crippen molar-refractivity contribution < 1.29 is 27.5 Å². The number of likely N-dealkylation sites (tertiary alicyclic amines) is 1. The van der Waals surface area contributed by atoms with Crippen LogP contribution >= 0.6 is 0 Å². The van der Waals surface area contributed by atoms with Crippen LogP contribution in [0.15, 0.2) is 24.3 Å². The second kappa shape index (κ2) is 10.5. The van der Waals surface area contributed by atoms with Crippen molar-refractivity contribution in [3.8, 4) is 11.8 Å². The molecule has 0 radical (unpaired) electrons. The molecule has 1 fully saturated rings. The first-order valence-corrected chi connectivity index (χ1v) is 10.1. The number of alkyl carbamates (subject to hydrolysis) is 1. The predicted octanol–water partition coefficient (Wildman–Crippen LogP) is 3.16. The number of carbonyl (C=O) groups excluding carboxylic acids is 2. The van der Waals surface area contributed by atoms with Crippen LogP contribution in [0.25, 0.3) is 0 Å². The zero-order valence-corrected chi connectivity index (χ0v) is 17.9. The van der Waals surface area contributed by atoms with Crippen LogP contribution in [0.4, 0.5) is 18.0 Å². The summed E-state index contributed by atoms with van der Waals surface area (Å²) in [6, 6.07) is 4.75. The molecule has 170 valence electrons. The molecule has 2 rings (SSSR count). The van der Waals surface area contributed by atoms with Crippen LogP contribution in [0, 0.1) is 11.8 Å². The van der Waals surface area contributed by atoms with E-state index in [4.69, 9.17) is 4.74 Å². The van der Waals surface area contributed by atoms with Crippen molar-refractivity contribution in [1.29, 1.82) is 0 Å². The van der Waals surface area contributed by atoms with Crippen molar-refractivity contribution in [2.45, 2.75) is 51.4 Å². The Morgan fingerprint density at radius 1 is 1.19 bits per heavy atom. The van der Waals surface area contributed by atoms with Crippen LogP contribution < -0.4 is 10.6 Å². The maximum Gasteiger partial charge on any atom is 0.416 e. The first kappa shape index (κ1) is 24.5. The van der Waals surface area contributed by atoms with E-state index in [1.54, 1.807) is 20.8 Å². The number of nitrogens with zero attached hydrogens (tertiary/aromatic N) is 1. The number of benzene rings is 1. The number of hydrogen-bond donors (Lipinski definition) is 2. The second-order valence-corrected chi connectivity index (χ2v) is 8.35. The maximum absolute atomic E-state index is 12.7. The van der Waals surface area contributed by atoms with Crippen LogP contribution in [0.2, 0.25) is 0 Å². The van der Waals surface area contributed by atoms with Gasteiger partial charge in [-0.15, -0.1) is 0 Å². The Labute approximate surface area is 180 Å². The summed E-state index contributed by atoms with van der Waals surface area (Å²) in [4.78, 5) is 25.9. The Hall–Kier alpha value is -2.73. The predicted molar refractivity (Wildman–Crippen MR) is 110 cm³/mol. The lowest BCUT2D eigenvalue weighted by Crippen LogP contribution is -2.48. The molecule has 0 aliphatic carbocycles. The summed E-state index contributed by atoms with van der Waals surface area (Å²) in [5.74, 6) is 5.08. The molecule has 0 aromatic heterocycles. The molecular weight excluding hydrogens is 411 g/mol. The van der Waals surface area contributed by atoms with E-state index in [9.17, 15) is 22.8 Å². The zero-order chi connectivity index (χ0) is 23.1. The number of nitrogens with one attached hydrogen (secondary N) is 2. The van der Waals surface area contributed by atoms with E-state index in [2.05, 4.69) is 22.5 Å². The largest absolute Gasteiger partial charge is 0.444 e. The molecule has 1 aromatic rings. The first-order chi connectivity index (χ1) is 14.4. The fraction of sp³-hybridized carbons (Fsp3) is 0.545. The highest BCUT2D eigenvalue weighted by Crippen LogP contribution is 2.29. The number of hydrogen-bond acceptors (Lipinski definition) is 4. The average Bonchev–Trinajstić information content (AvgIpc) is 2.65. The van der Waals surface area contributed by atoms with E-state index in [0.717, 1.165) is 12.1 Å². The topological polar surface area (TPSA) is 70.7 Å². The molecule has 0 saturated carbocycles. The van der Waals surface area contributed by atoms with Gasteiger partial charge in [-0.1, -0.05) is 17.9 Å². The second-order valence-electron chi connectivity index (χ2n) is 8.35. The van der Waals surface area contributed by atoms with Gasteiger partial charge in [-0.25, -0.2) is 4.79 Å². The van der Waals surface area contributed by atoms with Crippen molar-refractivity contribution in [2.75, 3.05) is 26.2 Å². The van der Waals surface area contributed by atoms with E-state index in [1.807, 2.05) is 4.90 Å². The molecule has 9 heteroatoms. The van der Waals surface area contributed by atoms with Crippen LogP contribution in [-0.4, -0.2) is 54.7 Å². The fourth-order valence-corrected chi connectivity index (χ4v) is 3.03. The highest BCUT2D eigenvalue weighted by atomic mass is 19.4. The number of halogens is 3. The number of amides is 2. The molecule has 1 aliphatic rings. The van der Waals surface area contributed by atoms with Gasteiger partial charge in [0.15, 0.2) is 0 Å². The van der Waals surface area contributed by atoms with Gasteiger partial charge in [0.1, 0.15) is 5.60 Å². The molecule has 1 saturated heterocycles. The van der Waals surface area contributed by atoms with E-state index in [1.165, 1.54) is 12.1 Å². The van der Waals surface area contributed by atoms with Crippen LogP contribution in [0.1, 0.15) is 44.7 Å². The third-order valence-corrected chi connectivity index (χ3v) is 4.47. The van der Waals surface area contributed by atoms with Crippen molar-refractivity contribution in [3.05, 3.63) is 35.4 Å². The Morgan fingerprint density at radius 3 is 2.48 bits per heavy atom. The quantitative estimate of drug-likeness (QED) is 0.708. The van der Waals surface area contributed by atoms with E-state index < -0.39 is 23.4 Å². The molecule has 1 aromatic carbocycles. The Bertz CT molecular complexity index is 830. The van der Waals surface area contributed by atoms with Crippen LogP contribution in [0.3, 0.4) is 0 Å². The van der Waals surface area contributed by atoms with Crippen LogP contribution in [-0.2, 0) is 15.7 Å². The molecule has 6 nitrogen and oxygen atoms in total. The molecule has 2 N–H and O–H groups in total. The summed E-state index contributed by atoms with van der Waals surface area (Å²) in [7, 11) is 0. The molecule has 2 amide bonds. The van der Waals surface area contributed by atoms with Gasteiger partial charge in [-0.3, -0.25) is 9.69 Å². The maximum atomic E-state index is 12.7. The molecule has 0 unspecified atom stereocenters. The van der Waals surface area contributed by atoms with Gasteiger partial charge in [-0.05, 0) is 51.8 Å². The molecule has 1 heterocycles. The zero-order valence-electron chi connectivity index (χ0n) is 17.9. The van der Waals surface area contributed by atoms with Crippen molar-refractivity contribution in [3.63, 3.8) is 0 Å². The molecule has 31 heavy (non-hydrogen) atoms. The van der Waals surface area contributed by atoms with Gasteiger partial charge in [-0.2, -0.15) is 13.2 Å². The van der Waals surface area contributed by atoms with E-state index in [0.29, 0.717) is 25.9 Å². The standard InChI is InChI=1S/C22H28F3N3O3/c1-21(2,3)31-20(30)27-18-9-12-28(13-10-18)15-19(29)26-11-5-7-16-6-4-8-17(14-16)22(23,24)25/h4,6,8,14,18H,9-13,15H2,1-3H3,(H,26,29)(H,27,30). The Kier molecular flexibility index (Phi) is 8.34. The monoisotopic (exact) mass is 439 g/mol. The number of rotatable bonds is 4. The molecule has 0 atom stereocenters. The summed E-state index contributed by atoms with van der Waals surface area (Å²) in [6.07, 6.45) is -3.44. The van der Waals surface area contributed by atoms with Gasteiger partial charge >= 0.3 is 12.3 Å². The van der Waals surface area contributed by atoms with E-state index >= 15 is 0 Å². The highest BCUT2D eigenvalue weighted by molar-refractivity contribution is 5.78. The van der Waals surface area contributed by atoms with Crippen molar-refractivity contribution in [1.82, 2.24) is 15.5 Å². The molecular formula is C22H28F3N3O3. The summed E-state index contributed by atoms with van der Waals surface area (Å²) in [5.41, 5.74) is -1.07. The van der Waals surface area contributed by atoms with Crippen LogP contribution in [0.5, 0.6) is 0 Å². The van der Waals surface area contributed by atoms with Gasteiger partial charge in [0, 0.05) is 24.7 Å². The summed E-state index contributed by atoms with van der Waals surface area (Å²) >= 11 is 0. The Balaban J connectivity index is 1.70. The molecule has 0 spiro atoms.